The van der Waals surface area contributed by atoms with E-state index in [1.54, 1.807) is 48.5 Å². The summed E-state index contributed by atoms with van der Waals surface area (Å²) in [4.78, 5) is 132. The van der Waals surface area contributed by atoms with Crippen molar-refractivity contribution in [3.63, 3.8) is 0 Å². The molecule has 0 aliphatic carbocycles. The number of unbranched alkanes of at least 4 members (excludes halogenated alkanes) is 28. The van der Waals surface area contributed by atoms with Crippen LogP contribution in [-0.2, 0) is 0 Å². The lowest BCUT2D eigenvalue weighted by Gasteiger charge is -2.12. The molecule has 0 amide bonds. The van der Waals surface area contributed by atoms with Gasteiger partial charge in [-0.1, -0.05) is 207 Å². The molecule has 8 bridgehead atoms. The molecule has 15 aromatic rings. The number of non-ortho nitro benzene ring substituents is 4. The molecule has 738 valence electrons. The van der Waals surface area contributed by atoms with Gasteiger partial charge in [0, 0.05) is 93.0 Å². The van der Waals surface area contributed by atoms with Crippen molar-refractivity contribution in [2.24, 2.45) is 0 Å². The van der Waals surface area contributed by atoms with Crippen molar-refractivity contribution in [2.45, 2.75) is 233 Å². The molecule has 0 saturated heterocycles. The fourth-order valence-corrected chi connectivity index (χ4v) is 18.1. The molecule has 32 nitrogen and oxygen atoms in total. The standard InChI is InChI=1S/C112H118N20O12/c1-5-9-13-17-21-25-29-33-69-141-85-61-45-77(46-62-85)93-89(73-37-53-81(54-38-73)129(133)134)113-97-101(117-93)109-121-105(97)126-110-103-99(115-91(75-41-57-83(58-42-75)131(137)138)95(119-103)79-49-65-87(66-50-79)143-71-35-31-27-23-19-15-11-7-3)107(123-110)128-112-104-100(116-92(76-43-59-84(60-44-76)132(139)140)96(120-104)80-51-67-88(68-52-80)144-72-36-32-28-24-20-16-12-8-4)108(124-112)127-111-102-98(106(122-111)125-109)114-90(74-39-55-82(56-40-74)130(135)136)94(118-102)78-47-63-86(64-48-78)142-70-34-30-26-22-18-14-10-6-2/h37-68H,5-36,69-72H2,1-4H3,(H2,121,122,123,124,125,126,127,128). The third-order valence-electron chi connectivity index (χ3n) is 26.1. The summed E-state index contributed by atoms with van der Waals surface area (Å²) in [5.41, 5.74) is 6.83. The maximum absolute atomic E-state index is 12.5. The minimum atomic E-state index is -0.477. The van der Waals surface area contributed by atoms with Crippen LogP contribution in [0.4, 0.5) is 22.7 Å². The Balaban J connectivity index is 0.914. The van der Waals surface area contributed by atoms with Gasteiger partial charge in [-0.2, -0.15) is 0 Å². The van der Waals surface area contributed by atoms with Gasteiger partial charge in [-0.25, -0.2) is 69.8 Å². The summed E-state index contributed by atoms with van der Waals surface area (Å²) in [6.07, 6.45) is 36.2. The Labute approximate surface area is 834 Å². The van der Waals surface area contributed by atoms with E-state index in [4.69, 9.17) is 88.7 Å². The molecule has 0 atom stereocenters. The Morgan fingerprint density at radius 2 is 0.354 bits per heavy atom. The van der Waals surface area contributed by atoms with E-state index >= 15 is 0 Å². The summed E-state index contributed by atoms with van der Waals surface area (Å²) < 4.78 is 25.5. The van der Waals surface area contributed by atoms with Crippen LogP contribution in [-0.4, -0.2) is 126 Å². The van der Waals surface area contributed by atoms with Crippen molar-refractivity contribution in [1.82, 2.24) is 79.7 Å². The molecule has 2 N–H and O–H groups in total. The summed E-state index contributed by atoms with van der Waals surface area (Å²) in [5, 5.41) is 49.9. The smallest absolute Gasteiger partial charge is 0.269 e. The first kappa shape index (κ1) is 99.8. The van der Waals surface area contributed by atoms with Gasteiger partial charge in [0.15, 0.2) is 45.9 Å². The number of benzene rings is 8. The van der Waals surface area contributed by atoms with E-state index in [-0.39, 0.29) is 136 Å². The van der Waals surface area contributed by atoms with E-state index in [9.17, 15) is 40.5 Å². The van der Waals surface area contributed by atoms with Gasteiger partial charge in [0.05, 0.1) is 91.7 Å². The van der Waals surface area contributed by atoms with Gasteiger partial charge in [0.1, 0.15) is 67.8 Å². The molecular weight excluding hydrogens is 1820 g/mol. The van der Waals surface area contributed by atoms with Crippen LogP contribution in [0.1, 0.15) is 233 Å². The van der Waals surface area contributed by atoms with E-state index in [1.165, 1.54) is 177 Å². The van der Waals surface area contributed by atoms with E-state index in [2.05, 4.69) is 37.7 Å². The van der Waals surface area contributed by atoms with Crippen LogP contribution in [0, 0.1) is 40.5 Å². The maximum atomic E-state index is 12.5. The van der Waals surface area contributed by atoms with Crippen molar-refractivity contribution < 1.29 is 38.6 Å². The lowest BCUT2D eigenvalue weighted by molar-refractivity contribution is -0.385. The molecule has 9 heterocycles. The molecular formula is C112H118N20O12. The van der Waals surface area contributed by atoms with E-state index in [0.717, 1.165) is 77.0 Å². The zero-order valence-electron chi connectivity index (χ0n) is 81.9. The van der Waals surface area contributed by atoms with Gasteiger partial charge >= 0.3 is 0 Å². The normalized spacial score (nSPS) is 11.6. The molecule has 32 heteroatoms. The van der Waals surface area contributed by atoms with Crippen LogP contribution < -0.4 is 18.9 Å². The molecule has 0 saturated carbocycles. The predicted molar refractivity (Wildman–Crippen MR) is 561 cm³/mol. The highest BCUT2D eigenvalue weighted by atomic mass is 16.6. The van der Waals surface area contributed by atoms with Crippen LogP contribution >= 0.6 is 0 Å². The van der Waals surface area contributed by atoms with Crippen molar-refractivity contribution in [2.75, 3.05) is 26.4 Å². The number of hydrogen-bond donors (Lipinski definition) is 2. The Morgan fingerprint density at radius 1 is 0.194 bits per heavy atom. The third kappa shape index (κ3) is 24.5. The Bertz CT molecular complexity index is 6770. The highest BCUT2D eigenvalue weighted by Gasteiger charge is 2.33. The van der Waals surface area contributed by atoms with Crippen LogP contribution in [0.3, 0.4) is 0 Å². The van der Waals surface area contributed by atoms with Gasteiger partial charge in [-0.15, -0.1) is 0 Å². The van der Waals surface area contributed by atoms with Gasteiger partial charge in [0.25, 0.3) is 22.7 Å². The van der Waals surface area contributed by atoms with Crippen molar-refractivity contribution >= 4 is 67.4 Å². The number of hydrogen-bond acceptors (Lipinski definition) is 26. The number of fused-ring (bicyclic) bond motifs is 20. The number of nitrogens with one attached hydrogen (secondary N) is 2. The second-order valence-corrected chi connectivity index (χ2v) is 36.7. The number of ether oxygens (including phenoxy) is 4. The zero-order chi connectivity index (χ0) is 99.6. The first-order chi connectivity index (χ1) is 70.5. The van der Waals surface area contributed by atoms with E-state index < -0.39 is 19.7 Å². The van der Waals surface area contributed by atoms with Crippen molar-refractivity contribution in [3.05, 3.63) is 235 Å². The topological polar surface area (TPSA) is 422 Å². The van der Waals surface area contributed by atoms with Gasteiger partial charge < -0.3 is 28.9 Å². The molecule has 0 unspecified atom stereocenters. The van der Waals surface area contributed by atoms with Crippen LogP contribution in [0.25, 0.3) is 181 Å². The minimum Gasteiger partial charge on any atom is -0.494 e. The van der Waals surface area contributed by atoms with E-state index in [1.807, 2.05) is 97.1 Å². The van der Waals surface area contributed by atoms with Crippen LogP contribution in [0.15, 0.2) is 194 Å². The van der Waals surface area contributed by atoms with Crippen LogP contribution in [0.2, 0.25) is 0 Å². The van der Waals surface area contributed by atoms with Gasteiger partial charge in [-0.3, -0.25) is 40.5 Å². The summed E-state index contributed by atoms with van der Waals surface area (Å²) in [6.45, 7) is 10.9. The third-order valence-corrected chi connectivity index (χ3v) is 26.1. The lowest BCUT2D eigenvalue weighted by Crippen LogP contribution is -2.00. The fourth-order valence-electron chi connectivity index (χ4n) is 18.1. The monoisotopic (exact) mass is 1930 g/mol. The van der Waals surface area contributed by atoms with Crippen LogP contribution in [0.5, 0.6) is 23.0 Å². The molecule has 144 heavy (non-hydrogen) atoms. The second-order valence-electron chi connectivity index (χ2n) is 36.7. The Kier molecular flexibility index (Phi) is 33.7. The molecule has 2 aliphatic heterocycles. The summed E-state index contributed by atoms with van der Waals surface area (Å²) in [6, 6.07) is 54.0. The maximum Gasteiger partial charge on any atom is 0.269 e. The number of aromatic amines is 2. The molecule has 0 spiro atoms. The molecule has 17 rings (SSSR count). The largest absolute Gasteiger partial charge is 0.494 e. The quantitative estimate of drug-likeness (QED) is 0.0203. The first-order valence-electron chi connectivity index (χ1n) is 51.0. The Hall–Kier alpha value is -15.8. The first-order valence-corrected chi connectivity index (χ1v) is 51.0. The summed E-state index contributed by atoms with van der Waals surface area (Å²) in [7, 11) is 0. The van der Waals surface area contributed by atoms with Gasteiger partial charge in [-0.05, 0) is 171 Å². The molecule has 0 radical (unpaired) electrons. The lowest BCUT2D eigenvalue weighted by atomic mass is 10.0. The van der Waals surface area contributed by atoms with Crippen molar-refractivity contribution in [1.29, 1.82) is 0 Å². The average molecular weight is 1940 g/mol. The zero-order valence-corrected chi connectivity index (χ0v) is 81.9. The summed E-state index contributed by atoms with van der Waals surface area (Å²) >= 11 is 0. The van der Waals surface area contributed by atoms with E-state index in [0.29, 0.717) is 117 Å². The highest BCUT2D eigenvalue weighted by Crippen LogP contribution is 2.45. The van der Waals surface area contributed by atoms with Crippen molar-refractivity contribution in [3.8, 4) is 159 Å². The number of nitro groups is 4. The number of H-pyrrole nitrogens is 2. The summed E-state index contributed by atoms with van der Waals surface area (Å²) in [5.74, 6) is 2.25. The SMILES string of the molecule is CCCCCCCCCCOc1ccc(-c2nc3c(nc2-c2ccc([N+](=O)[O-])cc2)-c2nc-3nc3[nH]c(nc4nc(nc5[nH]c(n2)c2nc(-c6ccc(OCCCCCCCCCC)cc6)c(-c6ccc([N+](=O)[O-])cc6)nc52)-c2nc(-c5ccc(OCCCCCCCCCC)cc5)c(-c5ccc([N+](=O)[O-])cc5)nc2-4)c2nc(-c4ccc(OCCCCCCCCCC)cc4)c(-c4ccc([N+](=O)[O-])cc4)nc32)cc1. The number of nitrogens with zero attached hydrogens (tertiary/aromatic N) is 18. The number of nitro benzene ring substituents is 4. The molecule has 2 aliphatic rings. The highest BCUT2D eigenvalue weighted by molar-refractivity contribution is 6.05. The minimum absolute atomic E-state index is 0.0203. The predicted octanol–water partition coefficient (Wildman–Crippen LogP) is 29.1. The fraction of sp³-hybridized carbons (Fsp3) is 0.357. The second kappa shape index (κ2) is 48.6. The average Bonchev–Trinajstić information content (AvgIpc) is 1.56. The number of aromatic nitrogens is 16. The molecule has 7 aromatic heterocycles. The number of rotatable bonds is 52. The van der Waals surface area contributed by atoms with Gasteiger partial charge in [0.2, 0.25) is 0 Å². The molecule has 0 fully saturated rings. The Morgan fingerprint density at radius 3 is 0.528 bits per heavy atom. The molecule has 8 aromatic carbocycles.